The van der Waals surface area contributed by atoms with Gasteiger partial charge in [0.1, 0.15) is 18.2 Å². The van der Waals surface area contributed by atoms with Gasteiger partial charge in [0.05, 0.1) is 6.10 Å². The zero-order valence-electron chi connectivity index (χ0n) is 14.1. The van der Waals surface area contributed by atoms with E-state index in [0.29, 0.717) is 11.7 Å². The van der Waals surface area contributed by atoms with Crippen molar-refractivity contribution in [3.8, 4) is 5.75 Å². The molecule has 0 saturated heterocycles. The second kappa shape index (κ2) is 7.06. The van der Waals surface area contributed by atoms with Crippen LogP contribution in [0.15, 0.2) is 47.6 Å². The van der Waals surface area contributed by atoms with Crippen LogP contribution in [0.25, 0.3) is 10.8 Å². The predicted molar refractivity (Wildman–Crippen MR) is 99.2 cm³/mol. The smallest absolute Gasteiger partial charge is 0.191 e. The molecule has 0 radical (unpaired) electrons. The molecule has 0 unspecified atom stereocenters. The Kier molecular flexibility index (Phi) is 4.63. The van der Waals surface area contributed by atoms with Crippen molar-refractivity contribution >= 4 is 22.5 Å². The third kappa shape index (κ3) is 3.80. The summed E-state index contributed by atoms with van der Waals surface area (Å²) in [6, 6.07) is 14.1. The van der Waals surface area contributed by atoms with Crippen molar-refractivity contribution in [2.24, 2.45) is 7.05 Å². The number of ether oxygens (including phenoxy) is 1. The molecule has 6 heteroatoms. The van der Waals surface area contributed by atoms with Crippen LogP contribution in [0.3, 0.4) is 0 Å². The van der Waals surface area contributed by atoms with E-state index in [0.717, 1.165) is 22.1 Å². The molecule has 1 aliphatic rings. The van der Waals surface area contributed by atoms with Gasteiger partial charge in [0.2, 0.25) is 0 Å². The van der Waals surface area contributed by atoms with Gasteiger partial charge in [0, 0.05) is 18.7 Å². The second-order valence-electron chi connectivity index (χ2n) is 6.46. The molecule has 1 saturated carbocycles. The quantitative estimate of drug-likeness (QED) is 0.659. The van der Waals surface area contributed by atoms with Gasteiger partial charge in [-0.1, -0.05) is 42.1 Å². The minimum Gasteiger partial charge on any atom is -0.491 e. The van der Waals surface area contributed by atoms with Crippen LogP contribution >= 0.6 is 11.8 Å². The summed E-state index contributed by atoms with van der Waals surface area (Å²) >= 11 is 1.52. The average Bonchev–Trinajstić information content (AvgIpc) is 3.41. The molecule has 0 bridgehead atoms. The number of thioether (sulfide) groups is 1. The maximum absolute atomic E-state index is 10.2. The van der Waals surface area contributed by atoms with E-state index in [1.807, 2.05) is 41.9 Å². The molecule has 1 atom stereocenters. The summed E-state index contributed by atoms with van der Waals surface area (Å²) < 4.78 is 7.78. The Morgan fingerprint density at radius 2 is 2.00 bits per heavy atom. The van der Waals surface area contributed by atoms with Crippen molar-refractivity contribution in [2.45, 2.75) is 30.0 Å². The highest BCUT2D eigenvalue weighted by Crippen LogP contribution is 2.39. The minimum atomic E-state index is -0.558. The highest BCUT2D eigenvalue weighted by atomic mass is 32.2. The zero-order valence-corrected chi connectivity index (χ0v) is 14.9. The zero-order chi connectivity index (χ0) is 17.2. The predicted octanol–water partition coefficient (Wildman–Crippen LogP) is 3.38. The molecule has 1 heterocycles. The van der Waals surface area contributed by atoms with Gasteiger partial charge in [0.25, 0.3) is 0 Å². The van der Waals surface area contributed by atoms with E-state index in [2.05, 4.69) is 22.3 Å². The standard InChI is InChI=1S/C19H21N3O2S/c1-22-18(14-6-7-14)20-21-19(22)25-12-16(23)11-24-17-9-8-13-4-2-3-5-15(13)10-17/h2-5,8-10,14,16,23H,6-7,11-12H2,1H3/t16-/m0/s1. The summed E-state index contributed by atoms with van der Waals surface area (Å²) in [4.78, 5) is 0. The molecule has 3 aromatic rings. The fourth-order valence-corrected chi connectivity index (χ4v) is 3.64. The first-order valence-electron chi connectivity index (χ1n) is 8.52. The topological polar surface area (TPSA) is 60.2 Å². The molecule has 1 fully saturated rings. The number of hydrogen-bond donors (Lipinski definition) is 1. The van der Waals surface area contributed by atoms with Crippen molar-refractivity contribution < 1.29 is 9.84 Å². The number of aliphatic hydroxyl groups is 1. The lowest BCUT2D eigenvalue weighted by Crippen LogP contribution is -2.20. The maximum atomic E-state index is 10.2. The average molecular weight is 355 g/mol. The first kappa shape index (κ1) is 16.4. The molecule has 25 heavy (non-hydrogen) atoms. The van der Waals surface area contributed by atoms with E-state index in [-0.39, 0.29) is 6.61 Å². The molecule has 1 N–H and O–H groups in total. The van der Waals surface area contributed by atoms with Crippen molar-refractivity contribution in [1.82, 2.24) is 14.8 Å². The van der Waals surface area contributed by atoms with Gasteiger partial charge in [-0.05, 0) is 35.7 Å². The lowest BCUT2D eigenvalue weighted by atomic mass is 10.1. The van der Waals surface area contributed by atoms with Crippen LogP contribution < -0.4 is 4.74 Å². The van der Waals surface area contributed by atoms with Crippen LogP contribution in [-0.2, 0) is 7.05 Å². The molecular formula is C19H21N3O2S. The minimum absolute atomic E-state index is 0.263. The highest BCUT2D eigenvalue weighted by Gasteiger charge is 2.29. The number of rotatable bonds is 7. The van der Waals surface area contributed by atoms with E-state index in [4.69, 9.17) is 4.74 Å². The normalized spacial score (nSPS) is 15.4. The van der Waals surface area contributed by atoms with E-state index < -0.39 is 6.10 Å². The van der Waals surface area contributed by atoms with Gasteiger partial charge in [-0.2, -0.15) is 0 Å². The Labute approximate surface area is 151 Å². The third-order valence-electron chi connectivity index (χ3n) is 4.38. The molecule has 4 rings (SSSR count). The first-order chi connectivity index (χ1) is 12.2. The number of benzene rings is 2. The summed E-state index contributed by atoms with van der Waals surface area (Å²) in [5.74, 6) is 2.94. The molecule has 0 aliphatic heterocycles. The van der Waals surface area contributed by atoms with Gasteiger partial charge in [-0.15, -0.1) is 10.2 Å². The van der Waals surface area contributed by atoms with Crippen molar-refractivity contribution in [2.75, 3.05) is 12.4 Å². The van der Waals surface area contributed by atoms with Gasteiger partial charge in [0.15, 0.2) is 5.16 Å². The summed E-state index contributed by atoms with van der Waals surface area (Å²) in [6.45, 7) is 0.263. The Bertz CT molecular complexity index is 876. The van der Waals surface area contributed by atoms with Crippen LogP contribution in [0.2, 0.25) is 0 Å². The monoisotopic (exact) mass is 355 g/mol. The molecule has 1 aromatic heterocycles. The third-order valence-corrected chi connectivity index (χ3v) is 5.54. The van der Waals surface area contributed by atoms with Crippen LogP contribution in [0.5, 0.6) is 5.75 Å². The fraction of sp³-hybridized carbons (Fsp3) is 0.368. The van der Waals surface area contributed by atoms with Crippen LogP contribution in [0, 0.1) is 0 Å². The van der Waals surface area contributed by atoms with E-state index in [1.54, 1.807) is 0 Å². The molecule has 5 nitrogen and oxygen atoms in total. The van der Waals surface area contributed by atoms with E-state index in [1.165, 1.54) is 30.0 Å². The Hall–Kier alpha value is -2.05. The lowest BCUT2D eigenvalue weighted by molar-refractivity contribution is 0.126. The van der Waals surface area contributed by atoms with Crippen LogP contribution in [-0.4, -0.2) is 38.3 Å². The highest BCUT2D eigenvalue weighted by molar-refractivity contribution is 7.99. The maximum Gasteiger partial charge on any atom is 0.191 e. The summed E-state index contributed by atoms with van der Waals surface area (Å²) in [5, 5.41) is 21.9. The molecule has 0 amide bonds. The molecule has 130 valence electrons. The molecule has 1 aliphatic carbocycles. The first-order valence-corrected chi connectivity index (χ1v) is 9.51. The van der Waals surface area contributed by atoms with Crippen molar-refractivity contribution in [3.63, 3.8) is 0 Å². The summed E-state index contributed by atoms with van der Waals surface area (Å²) in [7, 11) is 1.99. The van der Waals surface area contributed by atoms with Gasteiger partial charge < -0.3 is 14.4 Å². The fourth-order valence-electron chi connectivity index (χ4n) is 2.82. The lowest BCUT2D eigenvalue weighted by Gasteiger charge is -2.12. The Balaban J connectivity index is 1.30. The van der Waals surface area contributed by atoms with Gasteiger partial charge in [-0.25, -0.2) is 0 Å². The molecule has 0 spiro atoms. The van der Waals surface area contributed by atoms with E-state index in [9.17, 15) is 5.11 Å². The van der Waals surface area contributed by atoms with Crippen molar-refractivity contribution in [1.29, 1.82) is 0 Å². The van der Waals surface area contributed by atoms with Crippen LogP contribution in [0.4, 0.5) is 0 Å². The Morgan fingerprint density at radius 3 is 2.80 bits per heavy atom. The number of aliphatic hydroxyl groups excluding tert-OH is 1. The number of hydrogen-bond acceptors (Lipinski definition) is 5. The van der Waals surface area contributed by atoms with E-state index >= 15 is 0 Å². The number of nitrogens with zero attached hydrogens (tertiary/aromatic N) is 3. The molecule has 2 aromatic carbocycles. The number of fused-ring (bicyclic) bond motifs is 1. The van der Waals surface area contributed by atoms with Crippen molar-refractivity contribution in [3.05, 3.63) is 48.3 Å². The number of aromatic nitrogens is 3. The van der Waals surface area contributed by atoms with Gasteiger partial charge in [-0.3, -0.25) is 0 Å². The second-order valence-corrected chi connectivity index (χ2v) is 7.45. The largest absolute Gasteiger partial charge is 0.491 e. The summed E-state index contributed by atoms with van der Waals surface area (Å²) in [6.07, 6.45) is 1.86. The molecular weight excluding hydrogens is 334 g/mol. The SMILES string of the molecule is Cn1c(SC[C@@H](O)COc2ccc3ccccc3c2)nnc1C1CC1. The van der Waals surface area contributed by atoms with Gasteiger partial charge >= 0.3 is 0 Å². The summed E-state index contributed by atoms with van der Waals surface area (Å²) in [5.41, 5.74) is 0. The van der Waals surface area contributed by atoms with Crippen LogP contribution in [0.1, 0.15) is 24.6 Å². The Morgan fingerprint density at radius 1 is 1.20 bits per heavy atom.